The van der Waals surface area contributed by atoms with Crippen molar-refractivity contribution in [2.24, 2.45) is 0 Å². The molecule has 3 rings (SSSR count). The van der Waals surface area contributed by atoms with Crippen molar-refractivity contribution in [1.82, 2.24) is 20.5 Å². The first kappa shape index (κ1) is 10.9. The van der Waals surface area contributed by atoms with E-state index in [2.05, 4.69) is 20.5 Å². The third-order valence-electron chi connectivity index (χ3n) is 2.66. The van der Waals surface area contributed by atoms with Gasteiger partial charge in [-0.15, -0.1) is 10.2 Å². The molecular formula is C13H12N4O. The Morgan fingerprint density at radius 1 is 1.17 bits per heavy atom. The summed E-state index contributed by atoms with van der Waals surface area (Å²) in [6.45, 7) is 0.561. The molecule has 0 unspecified atom stereocenters. The third kappa shape index (κ3) is 1.84. The van der Waals surface area contributed by atoms with Gasteiger partial charge in [0, 0.05) is 11.6 Å². The van der Waals surface area contributed by atoms with E-state index >= 15 is 0 Å². The van der Waals surface area contributed by atoms with Gasteiger partial charge in [-0.1, -0.05) is 18.2 Å². The summed E-state index contributed by atoms with van der Waals surface area (Å²) in [7, 11) is 1.84. The zero-order valence-electron chi connectivity index (χ0n) is 9.92. The second-order valence-corrected chi connectivity index (χ2v) is 3.91. The van der Waals surface area contributed by atoms with E-state index < -0.39 is 0 Å². The van der Waals surface area contributed by atoms with Gasteiger partial charge in [0.2, 0.25) is 11.8 Å². The SMILES string of the molecule is CNCc1nnc(-c2cccc3cccnc23)o1. The number of hydrogen-bond donors (Lipinski definition) is 1. The van der Waals surface area contributed by atoms with Crippen LogP contribution in [0, 0.1) is 0 Å². The van der Waals surface area contributed by atoms with E-state index in [-0.39, 0.29) is 0 Å². The molecule has 0 saturated heterocycles. The lowest BCUT2D eigenvalue weighted by atomic mass is 10.1. The normalized spacial score (nSPS) is 10.9. The van der Waals surface area contributed by atoms with Gasteiger partial charge in [-0.05, 0) is 19.2 Å². The number of aromatic nitrogens is 3. The molecule has 0 atom stereocenters. The smallest absolute Gasteiger partial charge is 0.250 e. The summed E-state index contributed by atoms with van der Waals surface area (Å²) in [6, 6.07) is 9.83. The summed E-state index contributed by atoms with van der Waals surface area (Å²) in [5.41, 5.74) is 1.74. The molecule has 0 aliphatic heterocycles. The first-order valence-corrected chi connectivity index (χ1v) is 5.69. The standard InChI is InChI=1S/C13H12N4O/c1-14-8-11-16-17-13(18-11)10-6-2-4-9-5-3-7-15-12(9)10/h2-7,14H,8H2,1H3. The number of nitrogens with one attached hydrogen (secondary N) is 1. The average molecular weight is 240 g/mol. The van der Waals surface area contributed by atoms with Gasteiger partial charge in [0.05, 0.1) is 17.6 Å². The van der Waals surface area contributed by atoms with Gasteiger partial charge < -0.3 is 9.73 Å². The molecule has 0 bridgehead atoms. The largest absolute Gasteiger partial charge is 0.419 e. The molecule has 18 heavy (non-hydrogen) atoms. The van der Waals surface area contributed by atoms with E-state index in [1.165, 1.54) is 0 Å². The van der Waals surface area contributed by atoms with Crippen molar-refractivity contribution in [2.45, 2.75) is 6.54 Å². The Labute approximate surface area is 104 Å². The van der Waals surface area contributed by atoms with Gasteiger partial charge in [-0.25, -0.2) is 0 Å². The maximum absolute atomic E-state index is 5.59. The topological polar surface area (TPSA) is 63.8 Å². The highest BCUT2D eigenvalue weighted by Crippen LogP contribution is 2.25. The van der Waals surface area contributed by atoms with Crippen LogP contribution in [0.25, 0.3) is 22.4 Å². The minimum absolute atomic E-state index is 0.504. The summed E-state index contributed by atoms with van der Waals surface area (Å²) >= 11 is 0. The molecule has 5 nitrogen and oxygen atoms in total. The second kappa shape index (κ2) is 4.54. The van der Waals surface area contributed by atoms with Crippen LogP contribution in [-0.4, -0.2) is 22.2 Å². The first-order valence-electron chi connectivity index (χ1n) is 5.69. The number of pyridine rings is 1. The molecule has 0 spiro atoms. The quantitative estimate of drug-likeness (QED) is 0.758. The Balaban J connectivity index is 2.12. The van der Waals surface area contributed by atoms with E-state index in [0.717, 1.165) is 16.5 Å². The van der Waals surface area contributed by atoms with E-state index in [4.69, 9.17) is 4.42 Å². The molecule has 3 aromatic rings. The van der Waals surface area contributed by atoms with Crippen molar-refractivity contribution in [1.29, 1.82) is 0 Å². The molecule has 90 valence electrons. The maximum atomic E-state index is 5.59. The van der Waals surface area contributed by atoms with E-state index in [9.17, 15) is 0 Å². The molecule has 0 saturated carbocycles. The van der Waals surface area contributed by atoms with Crippen LogP contribution in [0.3, 0.4) is 0 Å². The zero-order valence-corrected chi connectivity index (χ0v) is 9.92. The van der Waals surface area contributed by atoms with Crippen molar-refractivity contribution in [3.05, 3.63) is 42.4 Å². The summed E-state index contributed by atoms with van der Waals surface area (Å²) in [4.78, 5) is 4.37. The van der Waals surface area contributed by atoms with Crippen LogP contribution in [0.4, 0.5) is 0 Å². The molecule has 0 fully saturated rings. The fraction of sp³-hybridized carbons (Fsp3) is 0.154. The van der Waals surface area contributed by atoms with Crippen LogP contribution in [0.15, 0.2) is 40.9 Å². The van der Waals surface area contributed by atoms with Crippen molar-refractivity contribution < 1.29 is 4.42 Å². The van der Waals surface area contributed by atoms with Gasteiger partial charge in [0.15, 0.2) is 0 Å². The molecular weight excluding hydrogens is 228 g/mol. The molecule has 0 aliphatic rings. The van der Waals surface area contributed by atoms with Gasteiger partial charge in [-0.3, -0.25) is 4.98 Å². The van der Waals surface area contributed by atoms with E-state index in [1.54, 1.807) is 6.20 Å². The van der Waals surface area contributed by atoms with Crippen molar-refractivity contribution in [3.8, 4) is 11.5 Å². The Hall–Kier alpha value is -2.27. The number of hydrogen-bond acceptors (Lipinski definition) is 5. The van der Waals surface area contributed by atoms with Crippen LogP contribution < -0.4 is 5.32 Å². The lowest BCUT2D eigenvalue weighted by molar-refractivity contribution is 0.490. The van der Waals surface area contributed by atoms with Crippen molar-refractivity contribution in [3.63, 3.8) is 0 Å². The number of para-hydroxylation sites is 1. The summed E-state index contributed by atoms with van der Waals surface area (Å²) < 4.78 is 5.59. The summed E-state index contributed by atoms with van der Waals surface area (Å²) in [6.07, 6.45) is 1.76. The van der Waals surface area contributed by atoms with Crippen LogP contribution >= 0.6 is 0 Å². The Morgan fingerprint density at radius 3 is 2.94 bits per heavy atom. The minimum atomic E-state index is 0.504. The molecule has 2 aromatic heterocycles. The first-order chi connectivity index (χ1) is 8.88. The predicted octanol–water partition coefficient (Wildman–Crippen LogP) is 2.00. The number of nitrogens with zero attached hydrogens (tertiary/aromatic N) is 3. The third-order valence-corrected chi connectivity index (χ3v) is 2.66. The summed E-state index contributed by atoms with van der Waals surface area (Å²) in [5.74, 6) is 1.07. The highest BCUT2D eigenvalue weighted by molar-refractivity contribution is 5.91. The monoisotopic (exact) mass is 240 g/mol. The molecule has 0 amide bonds. The number of fused-ring (bicyclic) bond motifs is 1. The molecule has 0 aliphatic carbocycles. The highest BCUT2D eigenvalue weighted by Gasteiger charge is 2.11. The molecule has 1 aromatic carbocycles. The van der Waals surface area contributed by atoms with Crippen molar-refractivity contribution >= 4 is 10.9 Å². The highest BCUT2D eigenvalue weighted by atomic mass is 16.4. The Bertz CT molecular complexity index is 672. The van der Waals surface area contributed by atoms with Crippen LogP contribution in [0.5, 0.6) is 0 Å². The molecule has 5 heteroatoms. The van der Waals surface area contributed by atoms with Gasteiger partial charge >= 0.3 is 0 Å². The minimum Gasteiger partial charge on any atom is -0.419 e. The Morgan fingerprint density at radius 2 is 2.06 bits per heavy atom. The molecule has 0 radical (unpaired) electrons. The van der Waals surface area contributed by atoms with Gasteiger partial charge in [-0.2, -0.15) is 0 Å². The van der Waals surface area contributed by atoms with Crippen LogP contribution in [0.1, 0.15) is 5.89 Å². The lowest BCUT2D eigenvalue weighted by Crippen LogP contribution is -2.04. The predicted molar refractivity (Wildman–Crippen MR) is 67.8 cm³/mol. The van der Waals surface area contributed by atoms with Crippen LogP contribution in [-0.2, 0) is 6.54 Å². The fourth-order valence-corrected chi connectivity index (χ4v) is 1.86. The fourth-order valence-electron chi connectivity index (χ4n) is 1.86. The van der Waals surface area contributed by atoms with E-state index in [1.807, 2.05) is 37.4 Å². The molecule has 1 N–H and O–H groups in total. The number of rotatable bonds is 3. The Kier molecular flexibility index (Phi) is 2.74. The van der Waals surface area contributed by atoms with Gasteiger partial charge in [0.1, 0.15) is 0 Å². The molecule has 2 heterocycles. The van der Waals surface area contributed by atoms with Crippen LogP contribution in [0.2, 0.25) is 0 Å². The van der Waals surface area contributed by atoms with E-state index in [0.29, 0.717) is 18.3 Å². The summed E-state index contributed by atoms with van der Waals surface area (Å²) in [5, 5.41) is 12.1. The average Bonchev–Trinajstić information content (AvgIpc) is 2.87. The van der Waals surface area contributed by atoms with Crippen molar-refractivity contribution in [2.75, 3.05) is 7.05 Å². The maximum Gasteiger partial charge on any atom is 0.250 e. The lowest BCUT2D eigenvalue weighted by Gasteiger charge is -2.00. The number of benzene rings is 1. The second-order valence-electron chi connectivity index (χ2n) is 3.91. The van der Waals surface area contributed by atoms with Gasteiger partial charge in [0.25, 0.3) is 0 Å². The zero-order chi connectivity index (χ0) is 12.4.